The Morgan fingerprint density at radius 1 is 1.45 bits per heavy atom. The summed E-state index contributed by atoms with van der Waals surface area (Å²) in [5.74, 6) is -0.553. The van der Waals surface area contributed by atoms with Crippen LogP contribution in [0.5, 0.6) is 0 Å². The maximum absolute atomic E-state index is 10.3. The average Bonchev–Trinajstić information content (AvgIpc) is 2.61. The first-order valence-electron chi connectivity index (χ1n) is 2.98. The largest absolute Gasteiger partial charge is 0.447 e. The monoisotopic (exact) mass is 160 g/mol. The first-order chi connectivity index (χ1) is 5.11. The molecule has 11 heavy (non-hydrogen) atoms. The lowest BCUT2D eigenvalue weighted by atomic mass is 10.3. The highest BCUT2D eigenvalue weighted by Gasteiger charge is 2.44. The van der Waals surface area contributed by atoms with Gasteiger partial charge in [-0.05, 0) is 0 Å². The summed E-state index contributed by atoms with van der Waals surface area (Å²) in [6.45, 7) is -0.0110. The van der Waals surface area contributed by atoms with Gasteiger partial charge in [0, 0.05) is 0 Å². The molecular weight excluding hydrogens is 152 g/mol. The van der Waals surface area contributed by atoms with Gasteiger partial charge in [0.15, 0.2) is 6.10 Å². The van der Waals surface area contributed by atoms with Crippen molar-refractivity contribution in [2.24, 2.45) is 11.5 Å². The zero-order valence-corrected chi connectivity index (χ0v) is 5.65. The van der Waals surface area contributed by atoms with Gasteiger partial charge < -0.3 is 20.9 Å². The Kier molecular flexibility index (Phi) is 1.95. The highest BCUT2D eigenvalue weighted by molar-refractivity contribution is 5.81. The van der Waals surface area contributed by atoms with Crippen LogP contribution >= 0.6 is 0 Å². The molecule has 6 heteroatoms. The van der Waals surface area contributed by atoms with E-state index < -0.39 is 24.2 Å². The van der Waals surface area contributed by atoms with Crippen molar-refractivity contribution in [3.8, 4) is 0 Å². The van der Waals surface area contributed by atoms with Crippen molar-refractivity contribution in [3.05, 3.63) is 0 Å². The number of amides is 2. The maximum atomic E-state index is 10.3. The quantitative estimate of drug-likeness (QED) is 0.481. The normalized spacial score (nSPS) is 27.6. The fourth-order valence-electron chi connectivity index (χ4n) is 0.684. The Morgan fingerprint density at radius 2 is 2.09 bits per heavy atom. The van der Waals surface area contributed by atoms with Crippen LogP contribution in [0.3, 0.4) is 0 Å². The van der Waals surface area contributed by atoms with E-state index in [1.165, 1.54) is 0 Å². The highest BCUT2D eigenvalue weighted by Crippen LogP contribution is 2.21. The summed E-state index contributed by atoms with van der Waals surface area (Å²) in [5.41, 5.74) is 9.52. The maximum Gasteiger partial charge on any atom is 0.404 e. The van der Waals surface area contributed by atoms with Gasteiger partial charge in [-0.15, -0.1) is 0 Å². The minimum atomic E-state index is -0.885. The van der Waals surface area contributed by atoms with Gasteiger partial charge in [-0.3, -0.25) is 4.79 Å². The number of hydrogen-bond donors (Lipinski definition) is 2. The second kappa shape index (κ2) is 2.75. The van der Waals surface area contributed by atoms with Crippen LogP contribution in [0.2, 0.25) is 0 Å². The lowest BCUT2D eigenvalue weighted by Gasteiger charge is -1.94. The summed E-state index contributed by atoms with van der Waals surface area (Å²) in [7, 11) is 0. The lowest BCUT2D eigenvalue weighted by molar-refractivity contribution is -0.119. The molecule has 6 nitrogen and oxygen atoms in total. The van der Waals surface area contributed by atoms with E-state index in [0.29, 0.717) is 0 Å². The Bertz CT molecular complexity index is 193. The van der Waals surface area contributed by atoms with Gasteiger partial charge in [-0.2, -0.15) is 0 Å². The third kappa shape index (κ3) is 2.08. The molecule has 1 fully saturated rings. The fourth-order valence-corrected chi connectivity index (χ4v) is 0.684. The van der Waals surface area contributed by atoms with E-state index in [4.69, 9.17) is 10.5 Å². The van der Waals surface area contributed by atoms with Crippen LogP contribution in [0.1, 0.15) is 0 Å². The van der Waals surface area contributed by atoms with E-state index in [1.807, 2.05) is 0 Å². The molecule has 62 valence electrons. The molecule has 0 aliphatic carbocycles. The molecule has 0 aromatic heterocycles. The van der Waals surface area contributed by atoms with Crippen molar-refractivity contribution in [1.29, 1.82) is 0 Å². The average molecular weight is 160 g/mol. The molecule has 1 aliphatic rings. The summed E-state index contributed by atoms with van der Waals surface area (Å²) in [4.78, 5) is 20.4. The van der Waals surface area contributed by atoms with Crippen molar-refractivity contribution in [2.45, 2.75) is 12.2 Å². The van der Waals surface area contributed by atoms with E-state index in [0.717, 1.165) is 0 Å². The summed E-state index contributed by atoms with van der Waals surface area (Å²) in [6, 6.07) is 0. The molecule has 0 bridgehead atoms. The number of carbonyl (C=O) groups is 2. The molecule has 2 unspecified atom stereocenters. The minimum Gasteiger partial charge on any atom is -0.447 e. The highest BCUT2D eigenvalue weighted by atomic mass is 16.6. The van der Waals surface area contributed by atoms with Gasteiger partial charge >= 0.3 is 6.09 Å². The molecule has 2 amide bonds. The van der Waals surface area contributed by atoms with Gasteiger partial charge in [-0.25, -0.2) is 4.79 Å². The second-order valence-corrected chi connectivity index (χ2v) is 2.13. The molecule has 0 radical (unpaired) electrons. The van der Waals surface area contributed by atoms with Crippen LogP contribution < -0.4 is 11.5 Å². The summed E-state index contributed by atoms with van der Waals surface area (Å²) < 4.78 is 9.07. The summed E-state index contributed by atoms with van der Waals surface area (Å²) in [6.07, 6.45) is -1.90. The number of epoxide rings is 1. The van der Waals surface area contributed by atoms with Gasteiger partial charge in [-0.1, -0.05) is 0 Å². The van der Waals surface area contributed by atoms with Crippen LogP contribution in [0.25, 0.3) is 0 Å². The number of ether oxygens (including phenoxy) is 2. The molecule has 1 saturated heterocycles. The van der Waals surface area contributed by atoms with E-state index in [-0.39, 0.29) is 6.61 Å². The van der Waals surface area contributed by atoms with E-state index in [1.54, 1.807) is 0 Å². The third-order valence-electron chi connectivity index (χ3n) is 1.25. The second-order valence-electron chi connectivity index (χ2n) is 2.13. The molecule has 0 spiro atoms. The number of hydrogen-bond acceptors (Lipinski definition) is 4. The van der Waals surface area contributed by atoms with E-state index >= 15 is 0 Å². The summed E-state index contributed by atoms with van der Waals surface area (Å²) >= 11 is 0. The molecule has 0 aromatic rings. The number of nitrogens with two attached hydrogens (primary N) is 2. The third-order valence-corrected chi connectivity index (χ3v) is 1.25. The molecular formula is C5H8N2O4. The van der Waals surface area contributed by atoms with Crippen molar-refractivity contribution < 1.29 is 19.1 Å². The number of primary amides is 2. The molecule has 1 aliphatic heterocycles. The van der Waals surface area contributed by atoms with E-state index in [9.17, 15) is 9.59 Å². The molecule has 1 rings (SSSR count). The first-order valence-corrected chi connectivity index (χ1v) is 2.98. The smallest absolute Gasteiger partial charge is 0.404 e. The Labute approximate surface area is 62.4 Å². The zero-order valence-electron chi connectivity index (χ0n) is 5.65. The SMILES string of the molecule is NC(=O)OCC1OC1C(N)=O. The minimum absolute atomic E-state index is 0.0110. The lowest BCUT2D eigenvalue weighted by Crippen LogP contribution is -2.23. The standard InChI is InChI=1S/C5H8N2O4/c6-4(8)3-2(11-3)1-10-5(7)9/h2-3H,1H2,(H2,6,8)(H2,7,9). The van der Waals surface area contributed by atoms with Crippen LogP contribution in [-0.2, 0) is 14.3 Å². The molecule has 0 aromatic carbocycles. The van der Waals surface area contributed by atoms with Crippen molar-refractivity contribution in [2.75, 3.05) is 6.61 Å². The molecule has 4 N–H and O–H groups in total. The van der Waals surface area contributed by atoms with Gasteiger partial charge in [0.25, 0.3) is 0 Å². The van der Waals surface area contributed by atoms with Crippen molar-refractivity contribution >= 4 is 12.0 Å². The zero-order chi connectivity index (χ0) is 8.43. The van der Waals surface area contributed by atoms with Gasteiger partial charge in [0.1, 0.15) is 12.7 Å². The van der Waals surface area contributed by atoms with E-state index in [2.05, 4.69) is 10.5 Å². The fraction of sp³-hybridized carbons (Fsp3) is 0.600. The Balaban J connectivity index is 2.14. The Hall–Kier alpha value is -1.30. The van der Waals surface area contributed by atoms with Gasteiger partial charge in [0.2, 0.25) is 5.91 Å². The van der Waals surface area contributed by atoms with Crippen molar-refractivity contribution in [3.63, 3.8) is 0 Å². The predicted octanol–water partition coefficient (Wildman–Crippen LogP) is -1.67. The van der Waals surface area contributed by atoms with Crippen LogP contribution in [0.4, 0.5) is 4.79 Å². The van der Waals surface area contributed by atoms with Crippen LogP contribution in [0.15, 0.2) is 0 Å². The molecule has 2 atom stereocenters. The molecule has 1 heterocycles. The van der Waals surface area contributed by atoms with Crippen LogP contribution in [-0.4, -0.2) is 30.8 Å². The predicted molar refractivity (Wildman–Crippen MR) is 33.4 cm³/mol. The number of carbonyl (C=O) groups excluding carboxylic acids is 2. The first kappa shape index (κ1) is 7.80. The van der Waals surface area contributed by atoms with Gasteiger partial charge in [0.05, 0.1) is 0 Å². The van der Waals surface area contributed by atoms with Crippen molar-refractivity contribution in [1.82, 2.24) is 0 Å². The molecule has 0 saturated carbocycles. The summed E-state index contributed by atoms with van der Waals surface area (Å²) in [5, 5.41) is 0. The number of rotatable bonds is 3. The van der Waals surface area contributed by atoms with Crippen LogP contribution in [0, 0.1) is 0 Å². The topological polar surface area (TPSA) is 108 Å². The Morgan fingerprint density at radius 3 is 2.45 bits per heavy atom.